The Balaban J connectivity index is 0.000000490. The van der Waals surface area contributed by atoms with Crippen molar-refractivity contribution < 1.29 is 4.79 Å². The van der Waals surface area contributed by atoms with Crippen LogP contribution < -0.4 is 10.6 Å². The number of hydrogen-bond acceptors (Lipinski definition) is 2. The minimum atomic E-state index is -0.0289. The summed E-state index contributed by atoms with van der Waals surface area (Å²) in [7, 11) is 0. The highest BCUT2D eigenvalue weighted by atomic mass is 35.5. The van der Waals surface area contributed by atoms with Crippen LogP contribution in [0.1, 0.15) is 0 Å². The highest BCUT2D eigenvalue weighted by Crippen LogP contribution is 1.73. The number of hydrogen-bond donors (Lipinski definition) is 2. The molecule has 0 bridgehead atoms. The first-order valence-electron chi connectivity index (χ1n) is 2.07. The molecule has 0 spiro atoms. The van der Waals surface area contributed by atoms with Gasteiger partial charge in [0.1, 0.15) is 0 Å². The molecule has 2 N–H and O–H groups in total. The van der Waals surface area contributed by atoms with Crippen LogP contribution in [0.15, 0.2) is 12.3 Å². The number of carbonyl (C=O) groups is 1. The second-order valence-electron chi connectivity index (χ2n) is 1.26. The molecule has 0 atom stereocenters. The predicted octanol–water partition coefficient (Wildman–Crippen LogP) is -0.401. The molecule has 0 aromatic carbocycles. The Kier molecular flexibility index (Phi) is 3.03. The van der Waals surface area contributed by atoms with Crippen LogP contribution in [0.5, 0.6) is 0 Å². The van der Waals surface area contributed by atoms with Crippen LogP contribution in [0.25, 0.3) is 0 Å². The van der Waals surface area contributed by atoms with Crippen molar-refractivity contribution in [1.82, 2.24) is 10.6 Å². The average Bonchev–Trinajstić information content (AvgIpc) is 1.69. The fourth-order valence-electron chi connectivity index (χ4n) is 0.391. The molecule has 1 aliphatic rings. The summed E-state index contributed by atoms with van der Waals surface area (Å²) in [6, 6.07) is 0. The number of halogens is 1. The van der Waals surface area contributed by atoms with Crippen LogP contribution in [0.4, 0.5) is 0 Å². The van der Waals surface area contributed by atoms with E-state index in [1.807, 2.05) is 0 Å². The molecule has 1 aliphatic heterocycles. The summed E-state index contributed by atoms with van der Waals surface area (Å²) in [4.78, 5) is 10.2. The molecular formula is C4H7ClN2O. The van der Waals surface area contributed by atoms with Crippen molar-refractivity contribution in [3.8, 4) is 0 Å². The summed E-state index contributed by atoms with van der Waals surface area (Å²) in [5.41, 5.74) is 0. The predicted molar refractivity (Wildman–Crippen MR) is 32.5 cm³/mol. The van der Waals surface area contributed by atoms with Crippen LogP contribution in [-0.2, 0) is 4.79 Å². The third-order valence-corrected chi connectivity index (χ3v) is 0.717. The van der Waals surface area contributed by atoms with Gasteiger partial charge in [0.15, 0.2) is 0 Å². The zero-order chi connectivity index (χ0) is 5.11. The molecule has 8 heavy (non-hydrogen) atoms. The van der Waals surface area contributed by atoms with E-state index in [0.717, 1.165) is 0 Å². The van der Waals surface area contributed by atoms with Crippen molar-refractivity contribution in [2.75, 3.05) is 6.67 Å². The van der Waals surface area contributed by atoms with Gasteiger partial charge in [0.25, 0.3) is 0 Å². The largest absolute Gasteiger partial charge is 0.374 e. The minimum Gasteiger partial charge on any atom is -0.374 e. The maximum Gasteiger partial charge on any atom is 0.246 e. The number of nitrogens with one attached hydrogen (secondary N) is 2. The van der Waals surface area contributed by atoms with Gasteiger partial charge in [0.2, 0.25) is 5.91 Å². The molecule has 0 saturated carbocycles. The zero-order valence-electron chi connectivity index (χ0n) is 4.18. The summed E-state index contributed by atoms with van der Waals surface area (Å²) in [6.07, 6.45) is 3.07. The van der Waals surface area contributed by atoms with Gasteiger partial charge in [-0.25, -0.2) is 0 Å². The van der Waals surface area contributed by atoms with E-state index in [-0.39, 0.29) is 18.3 Å². The smallest absolute Gasteiger partial charge is 0.246 e. The molecule has 0 radical (unpaired) electrons. The standard InChI is InChI=1S/C4H6N2O.ClH/c7-4-1-2-5-3-6-4;/h1-2,5H,3H2,(H,6,7);1H. The van der Waals surface area contributed by atoms with Gasteiger partial charge in [-0.1, -0.05) is 0 Å². The minimum absolute atomic E-state index is 0. The van der Waals surface area contributed by atoms with Crippen LogP contribution in [0, 0.1) is 0 Å². The normalized spacial score (nSPS) is 15.8. The second kappa shape index (κ2) is 3.32. The fourth-order valence-corrected chi connectivity index (χ4v) is 0.391. The van der Waals surface area contributed by atoms with E-state index in [0.29, 0.717) is 6.67 Å². The third-order valence-electron chi connectivity index (χ3n) is 0.717. The summed E-state index contributed by atoms with van der Waals surface area (Å²) >= 11 is 0. The van der Waals surface area contributed by atoms with E-state index in [4.69, 9.17) is 0 Å². The Morgan fingerprint density at radius 1 is 1.62 bits per heavy atom. The quantitative estimate of drug-likeness (QED) is 0.473. The molecule has 1 heterocycles. The van der Waals surface area contributed by atoms with E-state index in [1.54, 1.807) is 6.20 Å². The van der Waals surface area contributed by atoms with Gasteiger partial charge in [-0.3, -0.25) is 4.79 Å². The molecule has 1 amide bonds. The van der Waals surface area contributed by atoms with E-state index in [2.05, 4.69) is 10.6 Å². The van der Waals surface area contributed by atoms with Gasteiger partial charge in [-0.2, -0.15) is 0 Å². The molecule has 0 unspecified atom stereocenters. The molecule has 1 rings (SSSR count). The van der Waals surface area contributed by atoms with Gasteiger partial charge >= 0.3 is 0 Å². The first-order chi connectivity index (χ1) is 3.39. The van der Waals surface area contributed by atoms with Crippen molar-refractivity contribution in [3.05, 3.63) is 12.3 Å². The molecule has 0 saturated heterocycles. The number of amides is 1. The summed E-state index contributed by atoms with van der Waals surface area (Å²) in [5, 5.41) is 5.35. The maximum absolute atomic E-state index is 10.2. The van der Waals surface area contributed by atoms with Crippen LogP contribution >= 0.6 is 12.4 Å². The monoisotopic (exact) mass is 134 g/mol. The van der Waals surface area contributed by atoms with E-state index < -0.39 is 0 Å². The highest BCUT2D eigenvalue weighted by molar-refractivity contribution is 5.87. The van der Waals surface area contributed by atoms with Gasteiger partial charge in [0, 0.05) is 12.3 Å². The fraction of sp³-hybridized carbons (Fsp3) is 0.250. The highest BCUT2D eigenvalue weighted by Gasteiger charge is 1.94. The van der Waals surface area contributed by atoms with Gasteiger partial charge in [-0.05, 0) is 0 Å². The lowest BCUT2D eigenvalue weighted by Gasteiger charge is -2.05. The van der Waals surface area contributed by atoms with E-state index in [1.165, 1.54) is 6.08 Å². The van der Waals surface area contributed by atoms with Crippen molar-refractivity contribution in [3.63, 3.8) is 0 Å². The summed E-state index contributed by atoms with van der Waals surface area (Å²) in [5.74, 6) is -0.0289. The van der Waals surface area contributed by atoms with Crippen molar-refractivity contribution >= 4 is 18.3 Å². The van der Waals surface area contributed by atoms with Crippen LogP contribution in [0.3, 0.4) is 0 Å². The summed E-state index contributed by atoms with van der Waals surface area (Å²) in [6.45, 7) is 0.551. The van der Waals surface area contributed by atoms with Crippen LogP contribution in [0.2, 0.25) is 0 Å². The zero-order valence-corrected chi connectivity index (χ0v) is 4.99. The van der Waals surface area contributed by atoms with Crippen LogP contribution in [-0.4, -0.2) is 12.6 Å². The Morgan fingerprint density at radius 3 is 2.62 bits per heavy atom. The summed E-state index contributed by atoms with van der Waals surface area (Å²) < 4.78 is 0. The first-order valence-corrected chi connectivity index (χ1v) is 2.07. The Bertz CT molecular complexity index is 113. The topological polar surface area (TPSA) is 41.1 Å². The average molecular weight is 135 g/mol. The van der Waals surface area contributed by atoms with Gasteiger partial charge in [0.05, 0.1) is 6.67 Å². The molecule has 0 aliphatic carbocycles. The Morgan fingerprint density at radius 2 is 2.38 bits per heavy atom. The van der Waals surface area contributed by atoms with Crippen molar-refractivity contribution in [1.29, 1.82) is 0 Å². The SMILES string of the molecule is Cl.O=C1C=CNCN1. The second-order valence-corrected chi connectivity index (χ2v) is 1.26. The lowest BCUT2D eigenvalue weighted by molar-refractivity contribution is -0.116. The number of rotatable bonds is 0. The molecule has 4 heteroatoms. The van der Waals surface area contributed by atoms with Gasteiger partial charge < -0.3 is 10.6 Å². The number of carbonyl (C=O) groups excluding carboxylic acids is 1. The van der Waals surface area contributed by atoms with Gasteiger partial charge in [-0.15, -0.1) is 12.4 Å². The Labute approximate surface area is 53.6 Å². The molecule has 0 aromatic heterocycles. The lowest BCUT2D eigenvalue weighted by Crippen LogP contribution is -2.33. The molecule has 0 fully saturated rings. The lowest BCUT2D eigenvalue weighted by atomic mass is 10.5. The van der Waals surface area contributed by atoms with Crippen molar-refractivity contribution in [2.45, 2.75) is 0 Å². The molecule has 3 nitrogen and oxygen atoms in total. The molecule has 46 valence electrons. The molecule has 0 aromatic rings. The van der Waals surface area contributed by atoms with Crippen molar-refractivity contribution in [2.24, 2.45) is 0 Å². The maximum atomic E-state index is 10.2. The third kappa shape index (κ3) is 1.84. The molecular weight excluding hydrogens is 128 g/mol. The Hall–Kier alpha value is -0.700. The van der Waals surface area contributed by atoms with E-state index >= 15 is 0 Å². The van der Waals surface area contributed by atoms with E-state index in [9.17, 15) is 4.79 Å². The first kappa shape index (κ1) is 7.30.